The number of benzene rings is 1. The van der Waals surface area contributed by atoms with Gasteiger partial charge in [-0.1, -0.05) is 0 Å². The standard InChI is InChI=1S/C32H31N7O4/c33-28(18-3-4-18)24(29-22-2-1-10-34-25(22)9-11-35-29)16-37-20-12-17(13-20)15-36-19-5-6-21-23(14-19)32(43)39(31(21)42)26-7-8-27(40)38-30(26)41/h1-2,5-6,9-11,14,16-18,20,26,33,36-37H,3-4,7-8,12-13,15H2,(H,38,40,41)/b24-16+,33-28?/t17-,20-,26?. The molecule has 2 aliphatic heterocycles. The predicted molar refractivity (Wildman–Crippen MR) is 159 cm³/mol. The Bertz CT molecular complexity index is 1720. The summed E-state index contributed by atoms with van der Waals surface area (Å²) in [7, 11) is 0. The van der Waals surface area contributed by atoms with Gasteiger partial charge in [-0.3, -0.25) is 39.4 Å². The molecule has 2 saturated carbocycles. The van der Waals surface area contributed by atoms with Crippen molar-refractivity contribution in [3.63, 3.8) is 0 Å². The molecule has 2 aromatic heterocycles. The van der Waals surface area contributed by atoms with Crippen LogP contribution in [0.4, 0.5) is 5.69 Å². The normalized spacial score (nSPS) is 23.6. The number of nitrogens with zero attached hydrogens (tertiary/aromatic N) is 3. The maximum Gasteiger partial charge on any atom is 0.262 e. The number of allylic oxidation sites excluding steroid dienone is 1. The van der Waals surface area contributed by atoms with E-state index in [-0.39, 0.29) is 35.9 Å². The number of carbonyl (C=O) groups excluding carboxylic acids is 4. The average molecular weight is 578 g/mol. The van der Waals surface area contributed by atoms with Gasteiger partial charge in [-0.25, -0.2) is 0 Å². The Kier molecular flexibility index (Phi) is 6.72. The van der Waals surface area contributed by atoms with Crippen LogP contribution >= 0.6 is 0 Å². The first-order chi connectivity index (χ1) is 20.9. The van der Waals surface area contributed by atoms with Crippen LogP contribution in [-0.4, -0.2) is 62.8 Å². The number of piperidine rings is 1. The summed E-state index contributed by atoms with van der Waals surface area (Å²) >= 11 is 0. The quantitative estimate of drug-likeness (QED) is 0.223. The SMILES string of the molecule is N=C(/C(=C\N[C@H]1C[C@H](CNc2ccc3c(c2)C(=O)N(C2CCC(=O)NC2=O)C3=O)C1)c1nccc2ncccc12)C1CC1. The number of hydrogen-bond donors (Lipinski definition) is 4. The zero-order chi connectivity index (χ0) is 29.7. The van der Waals surface area contributed by atoms with E-state index in [0.717, 1.165) is 58.4 Å². The number of carbonyl (C=O) groups is 4. The lowest BCUT2D eigenvalue weighted by Gasteiger charge is -2.36. The van der Waals surface area contributed by atoms with Gasteiger partial charge in [-0.2, -0.15) is 0 Å². The Balaban J connectivity index is 0.971. The largest absolute Gasteiger partial charge is 0.388 e. The summed E-state index contributed by atoms with van der Waals surface area (Å²) in [6, 6.07) is 10.1. The zero-order valence-electron chi connectivity index (χ0n) is 23.4. The first-order valence-corrected chi connectivity index (χ1v) is 14.7. The lowest BCUT2D eigenvalue weighted by Crippen LogP contribution is -2.54. The van der Waals surface area contributed by atoms with Crippen LogP contribution in [0, 0.1) is 17.2 Å². The van der Waals surface area contributed by atoms with Gasteiger partial charge in [-0.05, 0) is 74.4 Å². The van der Waals surface area contributed by atoms with E-state index < -0.39 is 29.7 Å². The van der Waals surface area contributed by atoms with Crippen LogP contribution in [0.3, 0.4) is 0 Å². The summed E-state index contributed by atoms with van der Waals surface area (Å²) in [5.41, 5.74) is 4.36. The molecule has 1 unspecified atom stereocenters. The maximum atomic E-state index is 13.1. The Morgan fingerprint density at radius 3 is 2.60 bits per heavy atom. The van der Waals surface area contributed by atoms with E-state index in [1.807, 2.05) is 24.4 Å². The molecule has 0 spiro atoms. The molecule has 4 heterocycles. The third-order valence-corrected chi connectivity index (χ3v) is 8.79. The van der Waals surface area contributed by atoms with Crippen molar-refractivity contribution < 1.29 is 19.2 Å². The molecule has 11 heteroatoms. The summed E-state index contributed by atoms with van der Waals surface area (Å²) in [5.74, 6) is -1.33. The van der Waals surface area contributed by atoms with Gasteiger partial charge in [-0.15, -0.1) is 0 Å². The molecule has 2 aliphatic carbocycles. The van der Waals surface area contributed by atoms with Gasteiger partial charge in [0.05, 0.1) is 22.3 Å². The van der Waals surface area contributed by atoms with Crippen LogP contribution in [0.1, 0.15) is 64.9 Å². The Labute approximate surface area is 247 Å². The number of hydrogen-bond acceptors (Lipinski definition) is 9. The van der Waals surface area contributed by atoms with E-state index in [9.17, 15) is 19.2 Å². The highest BCUT2D eigenvalue weighted by Crippen LogP contribution is 2.37. The molecule has 218 valence electrons. The molecule has 4 N–H and O–H groups in total. The number of amides is 4. The third kappa shape index (κ3) is 5.04. The highest BCUT2D eigenvalue weighted by Gasteiger charge is 2.44. The highest BCUT2D eigenvalue weighted by molar-refractivity contribution is 6.26. The van der Waals surface area contributed by atoms with Crippen LogP contribution in [0.15, 0.2) is 55.0 Å². The fourth-order valence-electron chi connectivity index (χ4n) is 6.17. The predicted octanol–water partition coefficient (Wildman–Crippen LogP) is 3.28. The molecule has 43 heavy (non-hydrogen) atoms. The molecule has 3 aromatic rings. The number of rotatable bonds is 9. The Hall–Kier alpha value is -4.93. The molecule has 11 nitrogen and oxygen atoms in total. The van der Waals surface area contributed by atoms with Crippen molar-refractivity contribution in [2.45, 2.75) is 50.6 Å². The molecule has 1 atom stereocenters. The average Bonchev–Trinajstić information content (AvgIpc) is 3.81. The van der Waals surface area contributed by atoms with Gasteiger partial charge < -0.3 is 16.0 Å². The minimum absolute atomic E-state index is 0.0888. The molecule has 4 amide bonds. The molecule has 1 saturated heterocycles. The first kappa shape index (κ1) is 26.9. The molecular formula is C32H31N7O4. The van der Waals surface area contributed by atoms with Crippen molar-refractivity contribution in [2.24, 2.45) is 11.8 Å². The molecular weight excluding hydrogens is 546 g/mol. The van der Waals surface area contributed by atoms with Gasteiger partial charge in [0.15, 0.2) is 0 Å². The molecule has 3 fully saturated rings. The van der Waals surface area contributed by atoms with Gasteiger partial charge in [0.25, 0.3) is 11.8 Å². The molecule has 7 rings (SSSR count). The minimum Gasteiger partial charge on any atom is -0.388 e. The number of pyridine rings is 2. The van der Waals surface area contributed by atoms with Crippen LogP contribution in [0.5, 0.6) is 0 Å². The van der Waals surface area contributed by atoms with E-state index in [0.29, 0.717) is 18.2 Å². The second kappa shape index (κ2) is 10.7. The van der Waals surface area contributed by atoms with Crippen LogP contribution in [0.25, 0.3) is 16.5 Å². The van der Waals surface area contributed by atoms with Gasteiger partial charge in [0.1, 0.15) is 6.04 Å². The number of aromatic nitrogens is 2. The summed E-state index contributed by atoms with van der Waals surface area (Å²) in [4.78, 5) is 59.9. The van der Waals surface area contributed by atoms with Crippen molar-refractivity contribution in [1.82, 2.24) is 25.5 Å². The number of nitrogens with one attached hydrogen (secondary N) is 4. The van der Waals surface area contributed by atoms with Crippen molar-refractivity contribution in [1.29, 1.82) is 5.41 Å². The van der Waals surface area contributed by atoms with Gasteiger partial charge >= 0.3 is 0 Å². The molecule has 0 radical (unpaired) electrons. The fraction of sp³-hybridized carbons (Fsp3) is 0.344. The highest BCUT2D eigenvalue weighted by atomic mass is 16.2. The zero-order valence-corrected chi connectivity index (χ0v) is 23.4. The summed E-state index contributed by atoms with van der Waals surface area (Å²) < 4.78 is 0. The maximum absolute atomic E-state index is 13.1. The smallest absolute Gasteiger partial charge is 0.262 e. The molecule has 0 bridgehead atoms. The van der Waals surface area contributed by atoms with E-state index in [1.165, 1.54) is 0 Å². The third-order valence-electron chi connectivity index (χ3n) is 8.79. The summed E-state index contributed by atoms with van der Waals surface area (Å²) in [5, 5.41) is 18.9. The molecule has 1 aromatic carbocycles. The monoisotopic (exact) mass is 577 g/mol. The van der Waals surface area contributed by atoms with E-state index in [2.05, 4.69) is 25.9 Å². The van der Waals surface area contributed by atoms with E-state index >= 15 is 0 Å². The number of imide groups is 2. The van der Waals surface area contributed by atoms with Crippen molar-refractivity contribution >= 4 is 51.5 Å². The summed E-state index contributed by atoms with van der Waals surface area (Å²) in [6.45, 7) is 0.709. The first-order valence-electron chi connectivity index (χ1n) is 14.7. The topological polar surface area (TPSA) is 157 Å². The lowest BCUT2D eigenvalue weighted by molar-refractivity contribution is -0.136. The van der Waals surface area contributed by atoms with Crippen LogP contribution in [0.2, 0.25) is 0 Å². The van der Waals surface area contributed by atoms with Crippen molar-refractivity contribution in [3.8, 4) is 0 Å². The Morgan fingerprint density at radius 2 is 1.81 bits per heavy atom. The number of fused-ring (bicyclic) bond motifs is 2. The van der Waals surface area contributed by atoms with Crippen molar-refractivity contribution in [2.75, 3.05) is 11.9 Å². The van der Waals surface area contributed by atoms with Gasteiger partial charge in [0.2, 0.25) is 11.8 Å². The second-order valence-corrected chi connectivity index (χ2v) is 11.8. The van der Waals surface area contributed by atoms with E-state index in [4.69, 9.17) is 5.41 Å². The van der Waals surface area contributed by atoms with Crippen LogP contribution < -0.4 is 16.0 Å². The number of anilines is 1. The van der Waals surface area contributed by atoms with E-state index in [1.54, 1.807) is 30.6 Å². The van der Waals surface area contributed by atoms with Gasteiger partial charge in [0, 0.05) is 65.9 Å². The second-order valence-electron chi connectivity index (χ2n) is 11.8. The Morgan fingerprint density at radius 1 is 1.00 bits per heavy atom. The molecule has 4 aliphatic rings. The van der Waals surface area contributed by atoms with Crippen LogP contribution in [-0.2, 0) is 9.59 Å². The fourth-order valence-corrected chi connectivity index (χ4v) is 6.17. The van der Waals surface area contributed by atoms with Crippen molar-refractivity contribution in [3.05, 3.63) is 71.8 Å². The minimum atomic E-state index is -0.975. The summed E-state index contributed by atoms with van der Waals surface area (Å²) in [6.07, 6.45) is 9.66. The lowest BCUT2D eigenvalue weighted by atomic mass is 9.80.